The first kappa shape index (κ1) is 21.9. The normalized spacial score (nSPS) is 13.3. The summed E-state index contributed by atoms with van der Waals surface area (Å²) >= 11 is 0. The second-order valence-corrected chi connectivity index (χ2v) is 6.11. The molecule has 0 saturated carbocycles. The highest BCUT2D eigenvalue weighted by Crippen LogP contribution is 2.06. The van der Waals surface area contributed by atoms with Gasteiger partial charge in [-0.2, -0.15) is 0 Å². The highest BCUT2D eigenvalue weighted by Gasteiger charge is 2.21. The molecule has 3 N–H and O–H groups in total. The van der Waals surface area contributed by atoms with Crippen LogP contribution in [-0.4, -0.2) is 48.3 Å². The number of nitrogens with zero attached hydrogens (tertiary/aromatic N) is 1. The fraction of sp³-hybridized carbons (Fsp3) is 0.588. The standard InChI is InChI=1S/C17H28N2O3.ClH/c1-13(2)9-16(18)17(21)19(3)10-15(20)12-22-11-14-7-5-4-6-8-14;/h4-8,13,15-16,20H,9-12,18H2,1-3H3;1H/t15?,16-;/m0./s1. The molecule has 0 aromatic heterocycles. The molecule has 0 aliphatic carbocycles. The number of likely N-dealkylation sites (N-methyl/N-ethyl adjacent to an activating group) is 1. The average molecular weight is 345 g/mol. The van der Waals surface area contributed by atoms with Crippen molar-refractivity contribution >= 4 is 18.3 Å². The van der Waals surface area contributed by atoms with Crippen LogP contribution in [0.15, 0.2) is 30.3 Å². The minimum atomic E-state index is -0.719. The number of ether oxygens (including phenoxy) is 1. The number of aliphatic hydroxyl groups is 1. The van der Waals surface area contributed by atoms with Gasteiger partial charge in [-0.1, -0.05) is 44.2 Å². The van der Waals surface area contributed by atoms with Crippen LogP contribution in [-0.2, 0) is 16.1 Å². The number of aliphatic hydroxyl groups excluding tert-OH is 1. The third kappa shape index (κ3) is 8.91. The molecule has 6 heteroatoms. The molecule has 132 valence electrons. The second-order valence-electron chi connectivity index (χ2n) is 6.11. The molecule has 0 fully saturated rings. The Morgan fingerprint density at radius 1 is 1.30 bits per heavy atom. The molecule has 0 heterocycles. The van der Waals surface area contributed by atoms with E-state index in [1.807, 2.05) is 44.2 Å². The fourth-order valence-electron chi connectivity index (χ4n) is 2.24. The van der Waals surface area contributed by atoms with E-state index in [1.54, 1.807) is 7.05 Å². The van der Waals surface area contributed by atoms with Crippen molar-refractivity contribution in [2.24, 2.45) is 11.7 Å². The largest absolute Gasteiger partial charge is 0.389 e. The van der Waals surface area contributed by atoms with Crippen molar-refractivity contribution in [1.82, 2.24) is 4.90 Å². The van der Waals surface area contributed by atoms with Crippen LogP contribution in [0.1, 0.15) is 25.8 Å². The van der Waals surface area contributed by atoms with Crippen LogP contribution in [0.25, 0.3) is 0 Å². The molecule has 0 spiro atoms. The Morgan fingerprint density at radius 3 is 2.48 bits per heavy atom. The average Bonchev–Trinajstić information content (AvgIpc) is 2.46. The second kappa shape index (κ2) is 11.4. The van der Waals surface area contributed by atoms with Crippen molar-refractivity contribution in [3.63, 3.8) is 0 Å². The maximum atomic E-state index is 12.1. The maximum Gasteiger partial charge on any atom is 0.239 e. The lowest BCUT2D eigenvalue weighted by Gasteiger charge is -2.24. The molecule has 0 bridgehead atoms. The number of hydrogen-bond donors (Lipinski definition) is 2. The van der Waals surface area contributed by atoms with Crippen LogP contribution in [0.2, 0.25) is 0 Å². The molecular weight excluding hydrogens is 316 g/mol. The van der Waals surface area contributed by atoms with Crippen molar-refractivity contribution in [3.05, 3.63) is 35.9 Å². The number of carbonyl (C=O) groups is 1. The summed E-state index contributed by atoms with van der Waals surface area (Å²) in [5, 5.41) is 9.95. The highest BCUT2D eigenvalue weighted by molar-refractivity contribution is 5.85. The van der Waals surface area contributed by atoms with Gasteiger partial charge in [-0.15, -0.1) is 12.4 Å². The zero-order valence-electron chi connectivity index (χ0n) is 14.1. The van der Waals surface area contributed by atoms with Crippen LogP contribution in [0, 0.1) is 5.92 Å². The number of hydrogen-bond acceptors (Lipinski definition) is 4. The molecular formula is C17H29ClN2O3. The van der Waals surface area contributed by atoms with Crippen molar-refractivity contribution < 1.29 is 14.6 Å². The predicted molar refractivity (Wildman–Crippen MR) is 94.4 cm³/mol. The topological polar surface area (TPSA) is 75.8 Å². The summed E-state index contributed by atoms with van der Waals surface area (Å²) in [6, 6.07) is 9.25. The third-order valence-corrected chi connectivity index (χ3v) is 3.33. The Morgan fingerprint density at radius 2 is 1.91 bits per heavy atom. The Kier molecular flexibility index (Phi) is 10.8. The smallest absolute Gasteiger partial charge is 0.239 e. The zero-order valence-corrected chi connectivity index (χ0v) is 15.0. The van der Waals surface area contributed by atoms with Gasteiger partial charge in [-0.3, -0.25) is 4.79 Å². The maximum absolute atomic E-state index is 12.1. The van der Waals surface area contributed by atoms with Crippen molar-refractivity contribution in [2.75, 3.05) is 20.2 Å². The number of rotatable bonds is 9. The summed E-state index contributed by atoms with van der Waals surface area (Å²) in [4.78, 5) is 13.5. The number of amides is 1. The van der Waals surface area contributed by atoms with Gasteiger partial charge < -0.3 is 20.5 Å². The lowest BCUT2D eigenvalue weighted by Crippen LogP contribution is -2.45. The van der Waals surface area contributed by atoms with Gasteiger partial charge in [-0.25, -0.2) is 0 Å². The summed E-state index contributed by atoms with van der Waals surface area (Å²) in [5.41, 5.74) is 6.92. The van der Waals surface area contributed by atoms with E-state index in [0.717, 1.165) is 5.56 Å². The molecule has 2 atom stereocenters. The van der Waals surface area contributed by atoms with Crippen molar-refractivity contribution in [3.8, 4) is 0 Å². The van der Waals surface area contributed by atoms with Gasteiger partial charge in [0.05, 0.1) is 25.4 Å². The molecule has 1 aromatic carbocycles. The van der Waals surface area contributed by atoms with Crippen LogP contribution in [0.4, 0.5) is 0 Å². The molecule has 1 aromatic rings. The van der Waals surface area contributed by atoms with E-state index in [1.165, 1.54) is 4.90 Å². The number of carbonyl (C=O) groups excluding carboxylic acids is 1. The minimum absolute atomic E-state index is 0. The summed E-state index contributed by atoms with van der Waals surface area (Å²) in [5.74, 6) is 0.224. The van der Waals surface area contributed by atoms with E-state index >= 15 is 0 Å². The Balaban J connectivity index is 0.00000484. The molecule has 1 unspecified atom stereocenters. The number of benzene rings is 1. The first-order chi connectivity index (χ1) is 10.4. The molecule has 5 nitrogen and oxygen atoms in total. The van der Waals surface area contributed by atoms with Gasteiger partial charge >= 0.3 is 0 Å². The van der Waals surface area contributed by atoms with E-state index in [2.05, 4.69) is 0 Å². The van der Waals surface area contributed by atoms with Gasteiger partial charge in [0.25, 0.3) is 0 Å². The van der Waals surface area contributed by atoms with Gasteiger partial charge in [0.1, 0.15) is 0 Å². The predicted octanol–water partition coefficient (Wildman–Crippen LogP) is 1.82. The van der Waals surface area contributed by atoms with Gasteiger partial charge in [0, 0.05) is 13.6 Å². The minimum Gasteiger partial charge on any atom is -0.389 e. The lowest BCUT2D eigenvalue weighted by molar-refractivity contribution is -0.133. The lowest BCUT2D eigenvalue weighted by atomic mass is 10.0. The Bertz CT molecular complexity index is 443. The molecule has 0 aliphatic rings. The first-order valence-corrected chi connectivity index (χ1v) is 7.70. The number of nitrogens with two attached hydrogens (primary N) is 1. The fourth-order valence-corrected chi connectivity index (χ4v) is 2.24. The molecule has 23 heavy (non-hydrogen) atoms. The number of halogens is 1. The Hall–Kier alpha value is -1.14. The highest BCUT2D eigenvalue weighted by atomic mass is 35.5. The monoisotopic (exact) mass is 344 g/mol. The van der Waals surface area contributed by atoms with Crippen LogP contribution in [0.3, 0.4) is 0 Å². The summed E-state index contributed by atoms with van der Waals surface area (Å²) in [7, 11) is 1.66. The summed E-state index contributed by atoms with van der Waals surface area (Å²) < 4.78 is 5.47. The molecule has 0 radical (unpaired) electrons. The Labute approximate surface area is 145 Å². The van der Waals surface area contributed by atoms with E-state index in [9.17, 15) is 9.90 Å². The van der Waals surface area contributed by atoms with Crippen molar-refractivity contribution in [2.45, 2.75) is 39.0 Å². The quantitative estimate of drug-likeness (QED) is 0.716. The van der Waals surface area contributed by atoms with Gasteiger partial charge in [-0.05, 0) is 17.9 Å². The van der Waals surface area contributed by atoms with Crippen LogP contribution >= 0.6 is 12.4 Å². The molecule has 1 amide bonds. The SMILES string of the molecule is CC(C)C[C@H](N)C(=O)N(C)CC(O)COCc1ccccc1.Cl. The van der Waals surface area contributed by atoms with Crippen LogP contribution < -0.4 is 5.73 Å². The van der Waals surface area contributed by atoms with Crippen molar-refractivity contribution in [1.29, 1.82) is 0 Å². The zero-order chi connectivity index (χ0) is 16.5. The van der Waals surface area contributed by atoms with E-state index in [-0.39, 0.29) is 31.5 Å². The molecule has 1 rings (SSSR count). The molecule has 0 saturated heterocycles. The summed E-state index contributed by atoms with van der Waals surface area (Å²) in [6.45, 7) is 4.91. The van der Waals surface area contributed by atoms with Gasteiger partial charge in [0.2, 0.25) is 5.91 Å². The summed E-state index contributed by atoms with van der Waals surface area (Å²) in [6.07, 6.45) is -0.0760. The van der Waals surface area contributed by atoms with Crippen LogP contribution in [0.5, 0.6) is 0 Å². The first-order valence-electron chi connectivity index (χ1n) is 7.70. The molecule has 0 aliphatic heterocycles. The van der Waals surface area contributed by atoms with E-state index in [4.69, 9.17) is 10.5 Å². The van der Waals surface area contributed by atoms with E-state index < -0.39 is 12.1 Å². The third-order valence-electron chi connectivity index (χ3n) is 3.33. The van der Waals surface area contributed by atoms with Gasteiger partial charge in [0.15, 0.2) is 0 Å². The van der Waals surface area contributed by atoms with E-state index in [0.29, 0.717) is 18.9 Å².